The van der Waals surface area contributed by atoms with Gasteiger partial charge in [-0.3, -0.25) is 4.79 Å². The molecule has 1 heterocycles. The van der Waals surface area contributed by atoms with Crippen molar-refractivity contribution < 1.29 is 13.2 Å². The normalized spacial score (nSPS) is 17.2. The minimum atomic E-state index is -3.65. The zero-order chi connectivity index (χ0) is 17.9. The molecule has 24 heavy (non-hydrogen) atoms. The molecule has 0 unspecified atom stereocenters. The Bertz CT molecular complexity index is 684. The van der Waals surface area contributed by atoms with Crippen LogP contribution in [0.2, 0.25) is 10.0 Å². The summed E-state index contributed by atoms with van der Waals surface area (Å²) in [6.45, 7) is 2.75. The molecule has 9 heteroatoms. The molecule has 134 valence electrons. The van der Waals surface area contributed by atoms with E-state index in [0.717, 1.165) is 17.1 Å². The van der Waals surface area contributed by atoms with Crippen molar-refractivity contribution in [1.82, 2.24) is 8.61 Å². The van der Waals surface area contributed by atoms with Crippen molar-refractivity contribution >= 4 is 45.0 Å². The number of para-hydroxylation sites is 1. The van der Waals surface area contributed by atoms with Gasteiger partial charge in [0.2, 0.25) is 5.91 Å². The van der Waals surface area contributed by atoms with E-state index in [9.17, 15) is 13.2 Å². The highest BCUT2D eigenvalue weighted by molar-refractivity contribution is 7.86. The Morgan fingerprint density at radius 1 is 1.29 bits per heavy atom. The van der Waals surface area contributed by atoms with E-state index in [1.807, 2.05) is 0 Å². The van der Waals surface area contributed by atoms with Crippen molar-refractivity contribution in [2.24, 2.45) is 5.92 Å². The number of carbonyl (C=O) groups is 1. The van der Waals surface area contributed by atoms with E-state index in [0.29, 0.717) is 29.1 Å². The van der Waals surface area contributed by atoms with Crippen LogP contribution in [0.5, 0.6) is 0 Å². The molecule has 0 atom stereocenters. The third kappa shape index (κ3) is 4.61. The second kappa shape index (κ2) is 8.01. The summed E-state index contributed by atoms with van der Waals surface area (Å²) >= 11 is 12.0. The number of nitrogens with zero attached hydrogens (tertiary/aromatic N) is 2. The lowest BCUT2D eigenvalue weighted by Gasteiger charge is -2.32. The summed E-state index contributed by atoms with van der Waals surface area (Å²) in [4.78, 5) is 12.2. The fourth-order valence-corrected chi connectivity index (χ4v) is 4.33. The molecular formula is C15H21Cl2N3O3S. The zero-order valence-electron chi connectivity index (χ0n) is 13.6. The zero-order valence-corrected chi connectivity index (χ0v) is 16.0. The van der Waals surface area contributed by atoms with Crippen LogP contribution in [0, 0.1) is 5.92 Å². The molecule has 0 aromatic heterocycles. The smallest absolute Gasteiger partial charge is 0.282 e. The fraction of sp³-hybridized carbons (Fsp3) is 0.533. The van der Waals surface area contributed by atoms with E-state index in [-0.39, 0.29) is 12.2 Å². The largest absolute Gasteiger partial charge is 0.322 e. The van der Waals surface area contributed by atoms with Crippen LogP contribution in [-0.4, -0.2) is 49.6 Å². The minimum Gasteiger partial charge on any atom is -0.322 e. The first-order valence-electron chi connectivity index (χ1n) is 7.67. The highest BCUT2D eigenvalue weighted by atomic mass is 35.5. The first kappa shape index (κ1) is 19.5. The summed E-state index contributed by atoms with van der Waals surface area (Å²) in [6, 6.07) is 4.85. The van der Waals surface area contributed by atoms with Gasteiger partial charge >= 0.3 is 0 Å². The Kier molecular flexibility index (Phi) is 6.50. The topological polar surface area (TPSA) is 69.7 Å². The lowest BCUT2D eigenvalue weighted by molar-refractivity contribution is -0.116. The van der Waals surface area contributed by atoms with Crippen LogP contribution in [0.4, 0.5) is 5.69 Å². The van der Waals surface area contributed by atoms with Crippen molar-refractivity contribution in [1.29, 1.82) is 0 Å². The first-order valence-corrected chi connectivity index (χ1v) is 9.82. The Morgan fingerprint density at radius 3 is 2.38 bits per heavy atom. The first-order chi connectivity index (χ1) is 11.2. The number of amides is 1. The van der Waals surface area contributed by atoms with Crippen molar-refractivity contribution in [3.8, 4) is 0 Å². The average Bonchev–Trinajstić information content (AvgIpc) is 2.51. The third-order valence-corrected chi connectivity index (χ3v) is 6.62. The molecule has 0 aliphatic carbocycles. The molecule has 1 aliphatic heterocycles. The maximum absolute atomic E-state index is 12.5. The molecule has 1 amide bonds. The molecule has 0 saturated carbocycles. The van der Waals surface area contributed by atoms with Gasteiger partial charge in [0.25, 0.3) is 10.2 Å². The quantitative estimate of drug-likeness (QED) is 0.835. The summed E-state index contributed by atoms with van der Waals surface area (Å²) < 4.78 is 27.5. The predicted molar refractivity (Wildman–Crippen MR) is 96.6 cm³/mol. The number of anilines is 1. The maximum atomic E-state index is 12.5. The summed E-state index contributed by atoms with van der Waals surface area (Å²) in [5, 5.41) is 3.16. The van der Waals surface area contributed by atoms with Crippen LogP contribution >= 0.6 is 23.2 Å². The van der Waals surface area contributed by atoms with Gasteiger partial charge in [0.15, 0.2) is 0 Å². The van der Waals surface area contributed by atoms with Crippen LogP contribution in [0.25, 0.3) is 0 Å². The number of halogens is 2. The van der Waals surface area contributed by atoms with Gasteiger partial charge in [-0.15, -0.1) is 0 Å². The minimum absolute atomic E-state index is 0.281. The maximum Gasteiger partial charge on any atom is 0.282 e. The van der Waals surface area contributed by atoms with Gasteiger partial charge in [-0.1, -0.05) is 36.2 Å². The van der Waals surface area contributed by atoms with Crippen LogP contribution in [-0.2, 0) is 15.0 Å². The molecular weight excluding hydrogens is 373 g/mol. The van der Waals surface area contributed by atoms with Gasteiger partial charge in [-0.2, -0.15) is 17.0 Å². The Morgan fingerprint density at radius 2 is 1.83 bits per heavy atom. The molecule has 6 nitrogen and oxygen atoms in total. The Balaban J connectivity index is 2.00. The van der Waals surface area contributed by atoms with Crippen LogP contribution in [0.3, 0.4) is 0 Å². The van der Waals surface area contributed by atoms with E-state index in [4.69, 9.17) is 23.2 Å². The van der Waals surface area contributed by atoms with Crippen LogP contribution in [0.1, 0.15) is 19.8 Å². The van der Waals surface area contributed by atoms with E-state index < -0.39 is 16.1 Å². The van der Waals surface area contributed by atoms with Gasteiger partial charge in [0, 0.05) is 20.1 Å². The highest BCUT2D eigenvalue weighted by Crippen LogP contribution is 2.29. The molecule has 1 saturated heterocycles. The molecule has 1 aromatic rings. The molecule has 1 fully saturated rings. The number of nitrogens with one attached hydrogen (secondary N) is 1. The lowest BCUT2D eigenvalue weighted by atomic mass is 10.0. The number of rotatable bonds is 5. The standard InChI is InChI=1S/C15H21Cl2N3O3S/c1-11-6-8-20(9-7-11)24(22,23)19(2)10-14(21)18-15-12(16)4-3-5-13(15)17/h3-5,11H,6-10H2,1-2H3,(H,18,21). The van der Waals surface area contributed by atoms with E-state index in [1.165, 1.54) is 11.4 Å². The monoisotopic (exact) mass is 393 g/mol. The third-order valence-electron chi connectivity index (χ3n) is 4.06. The number of hydrogen-bond donors (Lipinski definition) is 1. The van der Waals surface area contributed by atoms with Gasteiger partial charge < -0.3 is 5.32 Å². The molecule has 0 bridgehead atoms. The number of carbonyl (C=O) groups excluding carboxylic acids is 1. The summed E-state index contributed by atoms with van der Waals surface area (Å²) in [5.74, 6) is 0.0221. The van der Waals surface area contributed by atoms with Crippen molar-refractivity contribution in [2.45, 2.75) is 19.8 Å². The summed E-state index contributed by atoms with van der Waals surface area (Å²) in [6.07, 6.45) is 1.66. The lowest BCUT2D eigenvalue weighted by Crippen LogP contribution is -2.47. The highest BCUT2D eigenvalue weighted by Gasteiger charge is 2.31. The Labute approximate surface area is 152 Å². The second-order valence-electron chi connectivity index (χ2n) is 5.99. The Hall–Kier alpha value is -0.860. The molecule has 2 rings (SSSR count). The average molecular weight is 394 g/mol. The predicted octanol–water partition coefficient (Wildman–Crippen LogP) is 2.84. The number of hydrogen-bond acceptors (Lipinski definition) is 3. The van der Waals surface area contributed by atoms with Crippen molar-refractivity contribution in [3.05, 3.63) is 28.2 Å². The summed E-state index contributed by atoms with van der Waals surface area (Å²) in [7, 11) is -2.26. The molecule has 1 N–H and O–H groups in total. The summed E-state index contributed by atoms with van der Waals surface area (Å²) in [5.41, 5.74) is 0.281. The van der Waals surface area contributed by atoms with Gasteiger partial charge in [0.1, 0.15) is 0 Å². The molecule has 0 radical (unpaired) electrons. The number of piperidine rings is 1. The fourth-order valence-electron chi connectivity index (χ4n) is 2.49. The van der Waals surface area contributed by atoms with E-state index in [2.05, 4.69) is 12.2 Å². The van der Waals surface area contributed by atoms with Gasteiger partial charge in [0.05, 0.1) is 22.3 Å². The van der Waals surface area contributed by atoms with Crippen LogP contribution in [0.15, 0.2) is 18.2 Å². The SMILES string of the molecule is CC1CCN(S(=O)(=O)N(C)CC(=O)Nc2c(Cl)cccc2Cl)CC1. The molecule has 0 spiro atoms. The van der Waals surface area contributed by atoms with E-state index in [1.54, 1.807) is 18.2 Å². The molecule has 1 aromatic carbocycles. The van der Waals surface area contributed by atoms with E-state index >= 15 is 0 Å². The number of likely N-dealkylation sites (N-methyl/N-ethyl adjacent to an activating group) is 1. The van der Waals surface area contributed by atoms with Gasteiger partial charge in [-0.25, -0.2) is 0 Å². The van der Waals surface area contributed by atoms with Gasteiger partial charge in [-0.05, 0) is 30.9 Å². The molecule has 1 aliphatic rings. The van der Waals surface area contributed by atoms with Crippen LogP contribution < -0.4 is 5.32 Å². The van der Waals surface area contributed by atoms with Crippen molar-refractivity contribution in [3.63, 3.8) is 0 Å². The van der Waals surface area contributed by atoms with Crippen molar-refractivity contribution in [2.75, 3.05) is 32.0 Å². The second-order valence-corrected chi connectivity index (χ2v) is 8.84. The number of benzene rings is 1.